The van der Waals surface area contributed by atoms with Gasteiger partial charge in [0.05, 0.1) is 6.04 Å². The van der Waals surface area contributed by atoms with Crippen molar-refractivity contribution in [1.29, 1.82) is 0 Å². The van der Waals surface area contributed by atoms with Gasteiger partial charge < -0.3 is 20.4 Å². The number of hydrogen-bond donors (Lipinski definition) is 3. The van der Waals surface area contributed by atoms with Crippen LogP contribution in [0.1, 0.15) is 28.3 Å². The van der Waals surface area contributed by atoms with Crippen LogP contribution in [0.25, 0.3) is 0 Å². The second-order valence-electron chi connectivity index (χ2n) is 7.26. The molecule has 0 saturated heterocycles. The van der Waals surface area contributed by atoms with E-state index in [0.29, 0.717) is 5.11 Å². The molecule has 5 heteroatoms. The maximum atomic E-state index is 10.1. The Bertz CT molecular complexity index is 993. The summed E-state index contributed by atoms with van der Waals surface area (Å²) >= 11 is 5.76. The molecule has 0 bridgehead atoms. The molecule has 1 atom stereocenters. The number of phenolic OH excluding ortho intramolecular Hbond substituents is 2. The van der Waals surface area contributed by atoms with E-state index in [-0.39, 0.29) is 17.5 Å². The predicted octanol–water partition coefficient (Wildman–Crippen LogP) is 4.16. The highest BCUT2D eigenvalue weighted by Gasteiger charge is 2.31. The highest BCUT2D eigenvalue weighted by molar-refractivity contribution is 7.80. The lowest BCUT2D eigenvalue weighted by Gasteiger charge is -2.39. The topological polar surface area (TPSA) is 55.7 Å². The standard InChI is InChI=1S/C24H24N2O2S/c27-21-15-19-12-14-26(24(29)25-13-11-17-7-3-1-4-8-17)23(20(19)16-22(21)28)18-9-5-2-6-10-18/h1-10,15-16,23,27-28H,11-14H2,(H,25,29). The van der Waals surface area contributed by atoms with Gasteiger partial charge in [0.1, 0.15) is 0 Å². The van der Waals surface area contributed by atoms with Gasteiger partial charge in [-0.3, -0.25) is 0 Å². The second kappa shape index (κ2) is 8.53. The third-order valence-corrected chi connectivity index (χ3v) is 5.75. The summed E-state index contributed by atoms with van der Waals surface area (Å²) in [5.41, 5.74) is 4.39. The van der Waals surface area contributed by atoms with E-state index in [0.717, 1.165) is 42.6 Å². The molecule has 3 N–H and O–H groups in total. The number of nitrogens with one attached hydrogen (secondary N) is 1. The van der Waals surface area contributed by atoms with E-state index in [9.17, 15) is 10.2 Å². The van der Waals surface area contributed by atoms with Gasteiger partial charge in [-0.1, -0.05) is 60.7 Å². The summed E-state index contributed by atoms with van der Waals surface area (Å²) in [6.07, 6.45) is 1.66. The Morgan fingerprint density at radius 3 is 2.34 bits per heavy atom. The van der Waals surface area contributed by atoms with Crippen LogP contribution < -0.4 is 5.32 Å². The second-order valence-corrected chi connectivity index (χ2v) is 7.65. The molecule has 1 aliphatic heterocycles. The molecule has 4 rings (SSSR count). The molecular formula is C24H24N2O2S. The fraction of sp³-hybridized carbons (Fsp3) is 0.208. The number of hydrogen-bond acceptors (Lipinski definition) is 3. The van der Waals surface area contributed by atoms with E-state index in [4.69, 9.17) is 12.2 Å². The molecule has 1 unspecified atom stereocenters. The Kier molecular flexibility index (Phi) is 5.67. The van der Waals surface area contributed by atoms with Crippen LogP contribution in [0, 0.1) is 0 Å². The van der Waals surface area contributed by atoms with Crippen LogP contribution in [0.2, 0.25) is 0 Å². The molecule has 1 aliphatic rings. The molecule has 0 radical (unpaired) electrons. The van der Waals surface area contributed by atoms with Crippen molar-refractivity contribution in [1.82, 2.24) is 10.2 Å². The van der Waals surface area contributed by atoms with Crippen molar-refractivity contribution >= 4 is 17.3 Å². The van der Waals surface area contributed by atoms with Crippen molar-refractivity contribution < 1.29 is 10.2 Å². The lowest BCUT2D eigenvalue weighted by molar-refractivity contribution is 0.329. The van der Waals surface area contributed by atoms with Crippen molar-refractivity contribution in [2.75, 3.05) is 13.1 Å². The maximum Gasteiger partial charge on any atom is 0.169 e. The van der Waals surface area contributed by atoms with Gasteiger partial charge >= 0.3 is 0 Å². The molecule has 0 fully saturated rings. The number of benzene rings is 3. The highest BCUT2D eigenvalue weighted by Crippen LogP contribution is 2.40. The Morgan fingerprint density at radius 1 is 0.966 bits per heavy atom. The summed E-state index contributed by atoms with van der Waals surface area (Å²) in [6, 6.07) is 23.7. The number of phenols is 2. The molecule has 0 spiro atoms. The molecule has 29 heavy (non-hydrogen) atoms. The summed E-state index contributed by atoms with van der Waals surface area (Å²) in [6.45, 7) is 1.50. The van der Waals surface area contributed by atoms with Crippen molar-refractivity contribution in [3.63, 3.8) is 0 Å². The first kappa shape index (κ1) is 19.3. The quantitative estimate of drug-likeness (QED) is 0.450. The number of rotatable bonds is 4. The van der Waals surface area contributed by atoms with Crippen LogP contribution in [0.15, 0.2) is 72.8 Å². The molecule has 0 aliphatic carbocycles. The Hall–Kier alpha value is -3.05. The summed E-state index contributed by atoms with van der Waals surface area (Å²) in [5.74, 6) is -0.179. The SMILES string of the molecule is Oc1cc2c(cc1O)C(c1ccccc1)N(C(=S)NCCc1ccccc1)CC2. The van der Waals surface area contributed by atoms with E-state index >= 15 is 0 Å². The number of aromatic hydroxyl groups is 2. The van der Waals surface area contributed by atoms with Gasteiger partial charge in [0, 0.05) is 13.1 Å². The van der Waals surface area contributed by atoms with E-state index in [1.54, 1.807) is 12.1 Å². The van der Waals surface area contributed by atoms with Gasteiger partial charge in [-0.2, -0.15) is 0 Å². The third kappa shape index (κ3) is 4.20. The molecular weight excluding hydrogens is 380 g/mol. The lowest BCUT2D eigenvalue weighted by Crippen LogP contribution is -2.46. The zero-order chi connectivity index (χ0) is 20.2. The van der Waals surface area contributed by atoms with Gasteiger partial charge in [-0.25, -0.2) is 0 Å². The third-order valence-electron chi connectivity index (χ3n) is 5.37. The van der Waals surface area contributed by atoms with E-state index in [1.807, 2.05) is 36.4 Å². The van der Waals surface area contributed by atoms with Crippen molar-refractivity contribution in [3.05, 3.63) is 95.1 Å². The van der Waals surface area contributed by atoms with E-state index in [2.05, 4.69) is 34.5 Å². The fourth-order valence-electron chi connectivity index (χ4n) is 3.92. The van der Waals surface area contributed by atoms with Gasteiger partial charge in [-0.05, 0) is 59.4 Å². The van der Waals surface area contributed by atoms with E-state index < -0.39 is 0 Å². The van der Waals surface area contributed by atoms with Gasteiger partial charge in [0.15, 0.2) is 16.6 Å². The molecule has 0 amide bonds. The van der Waals surface area contributed by atoms with E-state index in [1.165, 1.54) is 5.56 Å². The fourth-order valence-corrected chi connectivity index (χ4v) is 4.22. The smallest absolute Gasteiger partial charge is 0.169 e. The molecule has 148 valence electrons. The monoisotopic (exact) mass is 404 g/mol. The molecule has 3 aromatic carbocycles. The van der Waals surface area contributed by atoms with Crippen molar-refractivity contribution in [3.8, 4) is 11.5 Å². The maximum absolute atomic E-state index is 10.1. The first-order chi connectivity index (χ1) is 14.1. The van der Waals surface area contributed by atoms with Crippen LogP contribution in [0.3, 0.4) is 0 Å². The Morgan fingerprint density at radius 2 is 1.62 bits per heavy atom. The Labute approximate surface area is 176 Å². The average Bonchev–Trinajstić information content (AvgIpc) is 2.75. The summed E-state index contributed by atoms with van der Waals surface area (Å²) in [5, 5.41) is 24.1. The first-order valence-electron chi connectivity index (χ1n) is 9.81. The minimum Gasteiger partial charge on any atom is -0.504 e. The first-order valence-corrected chi connectivity index (χ1v) is 10.2. The molecule has 0 aromatic heterocycles. The summed E-state index contributed by atoms with van der Waals surface area (Å²) in [4.78, 5) is 2.18. The van der Waals surface area contributed by atoms with Gasteiger partial charge in [0.25, 0.3) is 0 Å². The Balaban J connectivity index is 1.58. The molecule has 0 saturated carbocycles. The van der Waals surface area contributed by atoms with Gasteiger partial charge in [-0.15, -0.1) is 0 Å². The molecule has 1 heterocycles. The van der Waals surface area contributed by atoms with Crippen molar-refractivity contribution in [2.24, 2.45) is 0 Å². The van der Waals surface area contributed by atoms with Crippen LogP contribution in [0.5, 0.6) is 11.5 Å². The number of thiocarbonyl (C=S) groups is 1. The van der Waals surface area contributed by atoms with Crippen molar-refractivity contribution in [2.45, 2.75) is 18.9 Å². The largest absolute Gasteiger partial charge is 0.504 e. The normalized spacial score (nSPS) is 15.6. The number of fused-ring (bicyclic) bond motifs is 1. The summed E-state index contributed by atoms with van der Waals surface area (Å²) in [7, 11) is 0. The van der Waals surface area contributed by atoms with Crippen LogP contribution in [-0.4, -0.2) is 33.3 Å². The van der Waals surface area contributed by atoms with Crippen LogP contribution in [0.4, 0.5) is 0 Å². The van der Waals surface area contributed by atoms with Crippen LogP contribution in [-0.2, 0) is 12.8 Å². The zero-order valence-electron chi connectivity index (χ0n) is 16.1. The highest BCUT2D eigenvalue weighted by atomic mass is 32.1. The minimum atomic E-state index is -0.108. The molecule has 3 aromatic rings. The number of nitrogens with zero attached hydrogens (tertiary/aromatic N) is 1. The minimum absolute atomic E-state index is 0.0763. The summed E-state index contributed by atoms with van der Waals surface area (Å²) < 4.78 is 0. The lowest BCUT2D eigenvalue weighted by atomic mass is 9.88. The van der Waals surface area contributed by atoms with Crippen LogP contribution >= 0.6 is 12.2 Å². The zero-order valence-corrected chi connectivity index (χ0v) is 16.9. The molecule has 4 nitrogen and oxygen atoms in total. The average molecular weight is 405 g/mol. The van der Waals surface area contributed by atoms with Gasteiger partial charge in [0.2, 0.25) is 0 Å². The predicted molar refractivity (Wildman–Crippen MR) is 119 cm³/mol.